The number of carbonyl (C=O) groups is 2. The van der Waals surface area contributed by atoms with Crippen LogP contribution in [-0.2, 0) is 28.5 Å². The summed E-state index contributed by atoms with van der Waals surface area (Å²) in [6.07, 6.45) is -0.413. The highest BCUT2D eigenvalue weighted by atomic mass is 16.6. The van der Waals surface area contributed by atoms with Gasteiger partial charge in [0.15, 0.2) is 6.10 Å². The van der Waals surface area contributed by atoms with E-state index < -0.39 is 48.1 Å². The average molecular weight is 579 g/mol. The van der Waals surface area contributed by atoms with Crippen LogP contribution in [0.4, 0.5) is 4.79 Å². The number of ether oxygens (including phenoxy) is 5. The van der Waals surface area contributed by atoms with Gasteiger partial charge >= 0.3 is 6.09 Å². The third-order valence-electron chi connectivity index (χ3n) is 8.14. The second kappa shape index (κ2) is 13.5. The smallest absolute Gasteiger partial charge is 0.405 e. The Morgan fingerprint density at radius 3 is 2.37 bits per heavy atom. The molecule has 0 aromatic rings. The summed E-state index contributed by atoms with van der Waals surface area (Å²) in [7, 11) is 4.68. The van der Waals surface area contributed by atoms with E-state index in [1.807, 2.05) is 26.8 Å². The van der Waals surface area contributed by atoms with E-state index in [-0.39, 0.29) is 37.2 Å². The first-order valence-electron chi connectivity index (χ1n) is 14.0. The van der Waals surface area contributed by atoms with E-state index in [1.165, 1.54) is 14.0 Å². The van der Waals surface area contributed by atoms with Gasteiger partial charge in [0.2, 0.25) is 0 Å². The molecule has 3 aliphatic rings. The number of rotatable bonds is 4. The second-order valence-corrected chi connectivity index (χ2v) is 11.7. The third-order valence-corrected chi connectivity index (χ3v) is 8.14. The van der Waals surface area contributed by atoms with Gasteiger partial charge in [0.25, 0.3) is 5.91 Å². The molecule has 0 radical (unpaired) electrons. The van der Waals surface area contributed by atoms with Crippen LogP contribution in [0.15, 0.2) is 46.9 Å². The van der Waals surface area contributed by atoms with E-state index in [1.54, 1.807) is 20.3 Å². The minimum Gasteiger partial charge on any atom is -0.485 e. The van der Waals surface area contributed by atoms with Gasteiger partial charge in [0.1, 0.15) is 23.6 Å². The standard InChI is InChI=1S/C30H46N2O9/c1-15-9-22(37-6)26(41-29(31)35)17(3)10-16(2)25-23(38-7)11-18(4)24(39-8)20-12-19(33)13-21(27(20)40-25)32-28(34)30(5,36)14-15/h10,12,16,18-19,22-26,33,36H,1,9,11,13-14H2,2-8H3,(H2,31,35)(H,32,34)/b17-10-/t16-,18+,19?,22-,23+,24+,25-,26-,30+/m1/s1. The molecule has 1 unspecified atom stereocenters. The molecule has 0 saturated carbocycles. The molecule has 2 amide bonds. The number of hydrogen-bond acceptors (Lipinski definition) is 9. The molecule has 0 aromatic carbocycles. The lowest BCUT2D eigenvalue weighted by Crippen LogP contribution is -2.47. The number of aliphatic hydroxyl groups is 2. The number of primary amides is 1. The van der Waals surface area contributed by atoms with Crippen LogP contribution in [0.2, 0.25) is 0 Å². The Morgan fingerprint density at radius 1 is 1.12 bits per heavy atom. The Balaban J connectivity index is 2.24. The van der Waals surface area contributed by atoms with E-state index >= 15 is 0 Å². The number of carbonyl (C=O) groups excluding carboxylic acids is 2. The number of methoxy groups -OCH3 is 3. The molecule has 3 rings (SSSR count). The number of nitrogens with one attached hydrogen (secondary N) is 1. The van der Waals surface area contributed by atoms with Gasteiger partial charge in [-0.3, -0.25) is 4.79 Å². The van der Waals surface area contributed by atoms with E-state index in [9.17, 15) is 19.8 Å². The van der Waals surface area contributed by atoms with Crippen molar-refractivity contribution in [2.24, 2.45) is 17.6 Å². The van der Waals surface area contributed by atoms with Gasteiger partial charge in [-0.25, -0.2) is 4.79 Å². The molecule has 1 fully saturated rings. The molecular formula is C30H46N2O9. The van der Waals surface area contributed by atoms with Crippen molar-refractivity contribution in [1.82, 2.24) is 5.32 Å². The van der Waals surface area contributed by atoms with Crippen molar-refractivity contribution in [1.29, 1.82) is 0 Å². The maximum atomic E-state index is 13.5. The highest BCUT2D eigenvalue weighted by Crippen LogP contribution is 2.40. The topological polar surface area (TPSA) is 159 Å². The lowest BCUT2D eigenvalue weighted by molar-refractivity contribution is -0.137. The van der Waals surface area contributed by atoms with Gasteiger partial charge in [-0.05, 0) is 44.3 Å². The third kappa shape index (κ3) is 7.58. The number of amides is 2. The molecule has 1 saturated heterocycles. The molecule has 11 nitrogen and oxygen atoms in total. The summed E-state index contributed by atoms with van der Waals surface area (Å²) >= 11 is 0. The molecule has 2 bridgehead atoms. The monoisotopic (exact) mass is 578 g/mol. The number of aliphatic hydroxyl groups excluding tert-OH is 1. The molecule has 0 spiro atoms. The fraction of sp³-hybridized carbons (Fsp3) is 0.667. The number of hydrogen-bond donors (Lipinski definition) is 4. The molecule has 1 aliphatic carbocycles. The molecule has 230 valence electrons. The summed E-state index contributed by atoms with van der Waals surface area (Å²) in [6, 6.07) is 0. The Kier molecular flexibility index (Phi) is 10.8. The molecule has 11 heteroatoms. The van der Waals surface area contributed by atoms with Crippen LogP contribution in [0, 0.1) is 11.8 Å². The predicted molar refractivity (Wildman–Crippen MR) is 151 cm³/mol. The molecule has 2 aliphatic heterocycles. The van der Waals surface area contributed by atoms with Gasteiger partial charge in [-0.15, -0.1) is 0 Å². The Bertz CT molecular complexity index is 1100. The lowest BCUT2D eigenvalue weighted by Gasteiger charge is -2.41. The lowest BCUT2D eigenvalue weighted by atomic mass is 9.82. The Hall–Kier alpha value is -2.70. The summed E-state index contributed by atoms with van der Waals surface area (Å²) in [5.41, 5.74) is 5.71. The van der Waals surface area contributed by atoms with Gasteiger partial charge in [-0.1, -0.05) is 32.1 Å². The summed E-state index contributed by atoms with van der Waals surface area (Å²) in [4.78, 5) is 25.4. The first-order chi connectivity index (χ1) is 19.2. The van der Waals surface area contributed by atoms with Crippen molar-refractivity contribution in [3.05, 3.63) is 46.9 Å². The normalized spacial score (nSPS) is 38.6. The van der Waals surface area contributed by atoms with E-state index in [2.05, 4.69) is 11.9 Å². The highest BCUT2D eigenvalue weighted by Gasteiger charge is 2.42. The van der Waals surface area contributed by atoms with Crippen LogP contribution in [0.3, 0.4) is 0 Å². The Morgan fingerprint density at radius 2 is 1.78 bits per heavy atom. The van der Waals surface area contributed by atoms with Gasteiger partial charge in [0, 0.05) is 45.7 Å². The minimum absolute atomic E-state index is 0.0468. The molecule has 41 heavy (non-hydrogen) atoms. The van der Waals surface area contributed by atoms with Crippen molar-refractivity contribution in [2.75, 3.05) is 21.3 Å². The average Bonchev–Trinajstić information content (AvgIpc) is 2.87. The van der Waals surface area contributed by atoms with E-state index in [0.717, 1.165) is 0 Å². The van der Waals surface area contributed by atoms with Crippen LogP contribution in [-0.4, -0.2) is 85.8 Å². The number of nitrogens with two attached hydrogens (primary N) is 1. The van der Waals surface area contributed by atoms with Crippen LogP contribution in [0.1, 0.15) is 53.4 Å². The van der Waals surface area contributed by atoms with Crippen molar-refractivity contribution < 1.29 is 43.5 Å². The van der Waals surface area contributed by atoms with E-state index in [0.29, 0.717) is 34.6 Å². The zero-order valence-electron chi connectivity index (χ0n) is 25.1. The second-order valence-electron chi connectivity index (χ2n) is 11.7. The molecular weight excluding hydrogens is 532 g/mol. The summed E-state index contributed by atoms with van der Waals surface area (Å²) in [6.45, 7) is 11.3. The molecule has 2 heterocycles. The van der Waals surface area contributed by atoms with Crippen molar-refractivity contribution in [3.8, 4) is 0 Å². The van der Waals surface area contributed by atoms with Crippen LogP contribution < -0.4 is 11.1 Å². The van der Waals surface area contributed by atoms with Crippen molar-refractivity contribution >= 4 is 12.0 Å². The van der Waals surface area contributed by atoms with Crippen molar-refractivity contribution in [3.63, 3.8) is 0 Å². The maximum absolute atomic E-state index is 13.5. The molecule has 5 N–H and O–H groups in total. The van der Waals surface area contributed by atoms with Gasteiger partial charge in [-0.2, -0.15) is 0 Å². The van der Waals surface area contributed by atoms with E-state index in [4.69, 9.17) is 29.4 Å². The fourth-order valence-corrected chi connectivity index (χ4v) is 6.17. The van der Waals surface area contributed by atoms with Gasteiger partial charge in [0.05, 0.1) is 24.0 Å². The SMILES string of the molecule is C=C1C[C@@H](OC)[C@H](OC(N)=O)/C(C)=C\[C@@H](C)[C@H]2OC3=C(CC(O)C=C3[C@@H](OC)[C@@H](C)C[C@@H]2OC)NC(=O)[C@@](C)(O)C1. The van der Waals surface area contributed by atoms with Crippen LogP contribution >= 0.6 is 0 Å². The highest BCUT2D eigenvalue weighted by molar-refractivity contribution is 5.86. The summed E-state index contributed by atoms with van der Waals surface area (Å²) < 4.78 is 29.7. The fourth-order valence-electron chi connectivity index (χ4n) is 6.17. The largest absolute Gasteiger partial charge is 0.485 e. The molecule has 0 aromatic heterocycles. The predicted octanol–water partition coefficient (Wildman–Crippen LogP) is 2.62. The van der Waals surface area contributed by atoms with Gasteiger partial charge < -0.3 is 44.9 Å². The minimum atomic E-state index is -1.86. The summed E-state index contributed by atoms with van der Waals surface area (Å²) in [5, 5.41) is 24.9. The first kappa shape index (κ1) is 32.8. The zero-order chi connectivity index (χ0) is 30.6. The van der Waals surface area contributed by atoms with Crippen LogP contribution in [0.25, 0.3) is 0 Å². The summed E-state index contributed by atoms with van der Waals surface area (Å²) in [5.74, 6) is -0.638. The maximum Gasteiger partial charge on any atom is 0.405 e. The quantitative estimate of drug-likeness (QED) is 0.368. The first-order valence-corrected chi connectivity index (χ1v) is 14.0. The zero-order valence-corrected chi connectivity index (χ0v) is 25.1. The van der Waals surface area contributed by atoms with Crippen molar-refractivity contribution in [2.45, 2.75) is 95.6 Å². The molecule has 9 atom stereocenters. The number of fused-ring (bicyclic) bond motifs is 1. The Labute approximate surface area is 242 Å². The van der Waals surface area contributed by atoms with Crippen LogP contribution in [0.5, 0.6) is 0 Å².